The summed E-state index contributed by atoms with van der Waals surface area (Å²) in [5, 5.41) is 5.97. The summed E-state index contributed by atoms with van der Waals surface area (Å²) in [6.07, 6.45) is 3.31. The van der Waals surface area contributed by atoms with Gasteiger partial charge in [-0.2, -0.15) is 0 Å². The molecule has 2 aromatic heterocycles. The summed E-state index contributed by atoms with van der Waals surface area (Å²) in [6, 6.07) is 14.8. The third-order valence-electron chi connectivity index (χ3n) is 3.37. The van der Waals surface area contributed by atoms with Gasteiger partial charge in [0, 0.05) is 5.56 Å². The van der Waals surface area contributed by atoms with Gasteiger partial charge in [-0.05, 0) is 43.3 Å². The minimum Gasteiger partial charge on any atom is -0.467 e. The van der Waals surface area contributed by atoms with Crippen LogP contribution in [0.1, 0.15) is 21.7 Å². The molecule has 1 aromatic carbocycles. The van der Waals surface area contributed by atoms with E-state index >= 15 is 0 Å². The van der Waals surface area contributed by atoms with Gasteiger partial charge in [0.05, 0.1) is 24.7 Å². The Morgan fingerprint density at radius 3 is 2.61 bits per heavy atom. The number of anilines is 2. The Hall–Kier alpha value is -3.08. The molecule has 116 valence electrons. The van der Waals surface area contributed by atoms with E-state index in [1.165, 1.54) is 0 Å². The number of aryl methyl sites for hydroxylation is 1. The van der Waals surface area contributed by atoms with Crippen LogP contribution in [0.4, 0.5) is 11.5 Å². The predicted octanol–water partition coefficient (Wildman–Crippen LogP) is 3.85. The number of benzene rings is 1. The van der Waals surface area contributed by atoms with Crippen LogP contribution in [0.5, 0.6) is 0 Å². The number of nitrogens with zero attached hydrogens (tertiary/aromatic N) is 1. The zero-order valence-corrected chi connectivity index (χ0v) is 12.7. The van der Waals surface area contributed by atoms with Crippen LogP contribution in [0.3, 0.4) is 0 Å². The molecule has 0 bridgehead atoms. The van der Waals surface area contributed by atoms with Crippen molar-refractivity contribution in [2.24, 2.45) is 0 Å². The lowest BCUT2D eigenvalue weighted by Crippen LogP contribution is -2.12. The zero-order valence-electron chi connectivity index (χ0n) is 12.7. The fraction of sp³-hybridized carbons (Fsp3) is 0.111. The van der Waals surface area contributed by atoms with Gasteiger partial charge in [-0.25, -0.2) is 4.98 Å². The lowest BCUT2D eigenvalue weighted by atomic mass is 10.1. The van der Waals surface area contributed by atoms with Gasteiger partial charge in [0.1, 0.15) is 11.6 Å². The van der Waals surface area contributed by atoms with Crippen molar-refractivity contribution in [1.82, 2.24) is 4.98 Å². The Morgan fingerprint density at radius 1 is 1.13 bits per heavy atom. The van der Waals surface area contributed by atoms with Crippen LogP contribution in [-0.2, 0) is 6.54 Å². The monoisotopic (exact) mass is 307 g/mol. The van der Waals surface area contributed by atoms with E-state index in [1.807, 2.05) is 37.3 Å². The number of hydrogen-bond donors (Lipinski definition) is 2. The van der Waals surface area contributed by atoms with Crippen LogP contribution in [0.25, 0.3) is 0 Å². The van der Waals surface area contributed by atoms with Crippen molar-refractivity contribution < 1.29 is 9.21 Å². The Balaban J connectivity index is 1.58. The predicted molar refractivity (Wildman–Crippen MR) is 89.4 cm³/mol. The van der Waals surface area contributed by atoms with Gasteiger partial charge >= 0.3 is 0 Å². The molecule has 5 nitrogen and oxygen atoms in total. The molecule has 5 heteroatoms. The molecule has 2 heterocycles. The van der Waals surface area contributed by atoms with Gasteiger partial charge in [-0.15, -0.1) is 0 Å². The van der Waals surface area contributed by atoms with E-state index in [0.29, 0.717) is 17.9 Å². The SMILES string of the molecule is Cc1ccc(C(=O)Nc2ccc(NCc3ccco3)cn2)cc1. The first-order valence-electron chi connectivity index (χ1n) is 7.31. The average Bonchev–Trinajstić information content (AvgIpc) is 3.08. The van der Waals surface area contributed by atoms with Crippen LogP contribution in [-0.4, -0.2) is 10.9 Å². The summed E-state index contributed by atoms with van der Waals surface area (Å²) < 4.78 is 5.25. The largest absolute Gasteiger partial charge is 0.467 e. The maximum Gasteiger partial charge on any atom is 0.256 e. The molecule has 0 aliphatic rings. The molecule has 1 amide bonds. The molecule has 0 saturated heterocycles. The van der Waals surface area contributed by atoms with Gasteiger partial charge < -0.3 is 15.1 Å². The van der Waals surface area contributed by atoms with Gasteiger partial charge in [0.2, 0.25) is 0 Å². The highest BCUT2D eigenvalue weighted by Crippen LogP contribution is 2.13. The summed E-state index contributed by atoms with van der Waals surface area (Å²) >= 11 is 0. The number of pyridine rings is 1. The van der Waals surface area contributed by atoms with Crippen LogP contribution in [0, 0.1) is 6.92 Å². The van der Waals surface area contributed by atoms with E-state index in [9.17, 15) is 4.79 Å². The third kappa shape index (κ3) is 3.97. The highest BCUT2D eigenvalue weighted by atomic mass is 16.3. The molecule has 0 unspecified atom stereocenters. The highest BCUT2D eigenvalue weighted by molar-refractivity contribution is 6.03. The molecular weight excluding hydrogens is 290 g/mol. The molecule has 0 atom stereocenters. The molecule has 0 aliphatic heterocycles. The molecule has 0 spiro atoms. The first-order chi connectivity index (χ1) is 11.2. The van der Waals surface area contributed by atoms with Gasteiger partial charge in [0.25, 0.3) is 5.91 Å². The molecule has 23 heavy (non-hydrogen) atoms. The minimum absolute atomic E-state index is 0.172. The van der Waals surface area contributed by atoms with E-state index in [4.69, 9.17) is 4.42 Å². The summed E-state index contributed by atoms with van der Waals surface area (Å²) in [4.78, 5) is 16.3. The fourth-order valence-electron chi connectivity index (χ4n) is 2.07. The van der Waals surface area contributed by atoms with Gasteiger partial charge in [-0.1, -0.05) is 17.7 Å². The van der Waals surface area contributed by atoms with Crippen molar-refractivity contribution in [2.75, 3.05) is 10.6 Å². The maximum atomic E-state index is 12.1. The smallest absolute Gasteiger partial charge is 0.256 e. The van der Waals surface area contributed by atoms with E-state index in [1.54, 1.807) is 30.7 Å². The summed E-state index contributed by atoms with van der Waals surface area (Å²) in [5.41, 5.74) is 2.58. The first-order valence-corrected chi connectivity index (χ1v) is 7.31. The Bertz CT molecular complexity index is 763. The Morgan fingerprint density at radius 2 is 1.96 bits per heavy atom. The summed E-state index contributed by atoms with van der Waals surface area (Å²) in [5.74, 6) is 1.19. The van der Waals surface area contributed by atoms with E-state index in [-0.39, 0.29) is 5.91 Å². The van der Waals surface area contributed by atoms with Gasteiger partial charge in [-0.3, -0.25) is 4.79 Å². The number of carbonyl (C=O) groups is 1. The average molecular weight is 307 g/mol. The standard InChI is InChI=1S/C18H17N3O2/c1-13-4-6-14(7-5-13)18(22)21-17-9-8-15(11-20-17)19-12-16-3-2-10-23-16/h2-11,19H,12H2,1H3,(H,20,21,22). The Labute approximate surface area is 134 Å². The number of carbonyl (C=O) groups excluding carboxylic acids is 1. The van der Waals surface area contributed by atoms with E-state index in [0.717, 1.165) is 17.0 Å². The number of nitrogens with one attached hydrogen (secondary N) is 2. The quantitative estimate of drug-likeness (QED) is 0.751. The molecule has 0 fully saturated rings. The van der Waals surface area contributed by atoms with Crippen LogP contribution in [0.15, 0.2) is 65.4 Å². The molecule has 0 saturated carbocycles. The second-order valence-corrected chi connectivity index (χ2v) is 5.19. The topological polar surface area (TPSA) is 67.2 Å². The lowest BCUT2D eigenvalue weighted by Gasteiger charge is -2.07. The minimum atomic E-state index is -0.172. The number of aromatic nitrogens is 1. The van der Waals surface area contributed by atoms with Crippen LogP contribution in [0.2, 0.25) is 0 Å². The van der Waals surface area contributed by atoms with Crippen molar-refractivity contribution in [3.8, 4) is 0 Å². The van der Waals surface area contributed by atoms with Gasteiger partial charge in [0.15, 0.2) is 0 Å². The van der Waals surface area contributed by atoms with Crippen LogP contribution < -0.4 is 10.6 Å². The third-order valence-corrected chi connectivity index (χ3v) is 3.37. The summed E-state index contributed by atoms with van der Waals surface area (Å²) in [6.45, 7) is 2.57. The first kappa shape index (κ1) is 14.8. The second-order valence-electron chi connectivity index (χ2n) is 5.19. The van der Waals surface area contributed by atoms with Crippen molar-refractivity contribution in [2.45, 2.75) is 13.5 Å². The summed E-state index contributed by atoms with van der Waals surface area (Å²) in [7, 11) is 0. The van der Waals surface area contributed by atoms with E-state index < -0.39 is 0 Å². The van der Waals surface area contributed by atoms with E-state index in [2.05, 4.69) is 15.6 Å². The van der Waals surface area contributed by atoms with Crippen molar-refractivity contribution >= 4 is 17.4 Å². The van der Waals surface area contributed by atoms with Crippen molar-refractivity contribution in [1.29, 1.82) is 0 Å². The normalized spacial score (nSPS) is 10.3. The number of furan rings is 1. The number of rotatable bonds is 5. The van der Waals surface area contributed by atoms with Crippen molar-refractivity contribution in [3.63, 3.8) is 0 Å². The highest BCUT2D eigenvalue weighted by Gasteiger charge is 2.06. The van der Waals surface area contributed by atoms with Crippen LogP contribution >= 0.6 is 0 Å². The number of hydrogen-bond acceptors (Lipinski definition) is 4. The molecule has 0 radical (unpaired) electrons. The molecule has 0 aliphatic carbocycles. The number of amides is 1. The molecule has 3 aromatic rings. The fourth-order valence-corrected chi connectivity index (χ4v) is 2.07. The Kier molecular flexibility index (Phi) is 4.38. The van der Waals surface area contributed by atoms with Crippen molar-refractivity contribution in [3.05, 3.63) is 77.9 Å². The lowest BCUT2D eigenvalue weighted by molar-refractivity contribution is 0.102. The second kappa shape index (κ2) is 6.79. The zero-order chi connectivity index (χ0) is 16.1. The maximum absolute atomic E-state index is 12.1. The molecule has 2 N–H and O–H groups in total. The molecular formula is C18H17N3O2. The molecule has 3 rings (SSSR count).